The van der Waals surface area contributed by atoms with Crippen molar-refractivity contribution in [2.24, 2.45) is 4.99 Å². The molecule has 18 heavy (non-hydrogen) atoms. The Morgan fingerprint density at radius 3 is 2.22 bits per heavy atom. The molecule has 0 bridgehead atoms. The maximum Gasteiger partial charge on any atom is 0.195 e. The molecule has 1 aromatic carbocycles. The third-order valence-electron chi connectivity index (χ3n) is 2.21. The fourth-order valence-electron chi connectivity index (χ4n) is 1.49. The van der Waals surface area contributed by atoms with Crippen LogP contribution in [0.1, 0.15) is 5.56 Å². The highest BCUT2D eigenvalue weighted by molar-refractivity contribution is 14.0. The predicted molar refractivity (Wildman–Crippen MR) is 93.1 cm³/mol. The van der Waals surface area contributed by atoms with Crippen LogP contribution in [-0.2, 0) is 6.54 Å². The number of hydrogen-bond donors (Lipinski definition) is 0. The van der Waals surface area contributed by atoms with Gasteiger partial charge in [0.05, 0.1) is 6.54 Å². The lowest BCUT2D eigenvalue weighted by Gasteiger charge is -2.22. The van der Waals surface area contributed by atoms with Gasteiger partial charge in [0.25, 0.3) is 0 Å². The first kappa shape index (κ1) is 18.0. The molecular weight excluding hydrogens is 428 g/mol. The van der Waals surface area contributed by atoms with Crippen molar-refractivity contribution in [2.75, 3.05) is 28.2 Å². The number of halogens is 3. The van der Waals surface area contributed by atoms with Crippen molar-refractivity contribution < 1.29 is 0 Å². The Balaban J connectivity index is 0.00000289. The Hall–Kier alpha value is -0.0100. The van der Waals surface area contributed by atoms with Crippen LogP contribution in [-0.4, -0.2) is 44.0 Å². The van der Waals surface area contributed by atoms with Gasteiger partial charge in [-0.1, -0.05) is 33.6 Å². The van der Waals surface area contributed by atoms with Crippen LogP contribution < -0.4 is 0 Å². The molecule has 0 spiro atoms. The van der Waals surface area contributed by atoms with Crippen LogP contribution in [0, 0.1) is 0 Å². The molecule has 0 heterocycles. The van der Waals surface area contributed by atoms with E-state index in [1.807, 2.05) is 56.2 Å². The van der Waals surface area contributed by atoms with Gasteiger partial charge in [-0.25, -0.2) is 4.99 Å². The maximum absolute atomic E-state index is 6.15. The third-order valence-corrected chi connectivity index (χ3v) is 3.05. The first-order valence-corrected chi connectivity index (χ1v) is 6.42. The van der Waals surface area contributed by atoms with Gasteiger partial charge in [0.1, 0.15) is 0 Å². The lowest BCUT2D eigenvalue weighted by atomic mass is 10.2. The second-order valence-corrected chi connectivity index (χ2v) is 5.46. The minimum atomic E-state index is 0. The van der Waals surface area contributed by atoms with Gasteiger partial charge in [0.2, 0.25) is 0 Å². The van der Waals surface area contributed by atoms with Crippen LogP contribution in [0.4, 0.5) is 0 Å². The summed E-state index contributed by atoms with van der Waals surface area (Å²) in [7, 11) is 7.90. The Bertz CT molecular complexity index is 412. The van der Waals surface area contributed by atoms with E-state index < -0.39 is 0 Å². The summed E-state index contributed by atoms with van der Waals surface area (Å²) in [5.41, 5.74) is 1.02. The van der Waals surface area contributed by atoms with Gasteiger partial charge in [0.15, 0.2) is 5.96 Å². The van der Waals surface area contributed by atoms with Crippen LogP contribution in [0.5, 0.6) is 0 Å². The molecule has 0 saturated heterocycles. The minimum absolute atomic E-state index is 0. The molecule has 102 valence electrons. The molecule has 0 aliphatic rings. The smallest absolute Gasteiger partial charge is 0.195 e. The Morgan fingerprint density at radius 1 is 1.22 bits per heavy atom. The molecule has 0 aliphatic heterocycles. The molecule has 0 N–H and O–H groups in total. The molecule has 0 unspecified atom stereocenters. The normalized spacial score (nSPS) is 9.44. The van der Waals surface area contributed by atoms with Crippen LogP contribution >= 0.6 is 51.5 Å². The molecule has 0 atom stereocenters. The summed E-state index contributed by atoms with van der Waals surface area (Å²) in [6.45, 7) is 0.581. The van der Waals surface area contributed by atoms with Crippen molar-refractivity contribution in [2.45, 2.75) is 6.54 Å². The van der Waals surface area contributed by atoms with E-state index >= 15 is 0 Å². The largest absolute Gasteiger partial charge is 0.349 e. The first-order chi connectivity index (χ1) is 7.91. The van der Waals surface area contributed by atoms with E-state index in [1.165, 1.54) is 0 Å². The fourth-order valence-corrected chi connectivity index (χ4v) is 2.22. The van der Waals surface area contributed by atoms with Gasteiger partial charge in [0, 0.05) is 37.7 Å². The molecule has 1 aromatic rings. The Kier molecular flexibility index (Phi) is 8.21. The van der Waals surface area contributed by atoms with Crippen molar-refractivity contribution in [3.63, 3.8) is 0 Å². The van der Waals surface area contributed by atoms with Gasteiger partial charge in [-0.05, 0) is 17.7 Å². The van der Waals surface area contributed by atoms with Gasteiger partial charge >= 0.3 is 0 Å². The van der Waals surface area contributed by atoms with E-state index in [4.69, 9.17) is 11.6 Å². The summed E-state index contributed by atoms with van der Waals surface area (Å²) >= 11 is 9.53. The Morgan fingerprint density at radius 2 is 1.78 bits per heavy atom. The number of benzene rings is 1. The molecule has 3 nitrogen and oxygen atoms in total. The number of aliphatic imine (C=N–C) groups is 1. The van der Waals surface area contributed by atoms with Crippen LogP contribution in [0.15, 0.2) is 27.7 Å². The number of guanidine groups is 1. The average molecular weight is 447 g/mol. The lowest BCUT2D eigenvalue weighted by Crippen LogP contribution is -2.35. The molecule has 6 heteroatoms. The van der Waals surface area contributed by atoms with Gasteiger partial charge in [-0.3, -0.25) is 0 Å². The molecule has 0 saturated carbocycles. The zero-order valence-corrected chi connectivity index (χ0v) is 15.6. The number of hydrogen-bond acceptors (Lipinski definition) is 1. The fraction of sp³-hybridized carbons (Fsp3) is 0.417. The van der Waals surface area contributed by atoms with Crippen molar-refractivity contribution in [1.29, 1.82) is 0 Å². The standard InChI is InChI=1S/C12H17BrClN3.HI/c1-16(2)12(17(3)4)15-8-9-5-6-10(13)7-11(9)14;/h5-7H,8H2,1-4H3;1H. The van der Waals surface area contributed by atoms with Crippen LogP contribution in [0.3, 0.4) is 0 Å². The van der Waals surface area contributed by atoms with E-state index in [1.54, 1.807) is 0 Å². The van der Waals surface area contributed by atoms with Gasteiger partial charge in [-0.2, -0.15) is 0 Å². The van der Waals surface area contributed by atoms with Gasteiger partial charge < -0.3 is 9.80 Å². The van der Waals surface area contributed by atoms with E-state index in [-0.39, 0.29) is 24.0 Å². The van der Waals surface area contributed by atoms with E-state index in [9.17, 15) is 0 Å². The summed E-state index contributed by atoms with van der Waals surface area (Å²) in [6.07, 6.45) is 0. The van der Waals surface area contributed by atoms with E-state index in [2.05, 4.69) is 20.9 Å². The third kappa shape index (κ3) is 5.32. The minimum Gasteiger partial charge on any atom is -0.349 e. The topological polar surface area (TPSA) is 18.8 Å². The molecule has 0 radical (unpaired) electrons. The lowest BCUT2D eigenvalue weighted by molar-refractivity contribution is 0.479. The molecule has 0 aromatic heterocycles. The van der Waals surface area contributed by atoms with Crippen molar-refractivity contribution in [3.8, 4) is 0 Å². The van der Waals surface area contributed by atoms with E-state index in [0.29, 0.717) is 6.54 Å². The van der Waals surface area contributed by atoms with Crippen molar-refractivity contribution in [1.82, 2.24) is 9.80 Å². The average Bonchev–Trinajstić information content (AvgIpc) is 2.20. The molecule has 0 aliphatic carbocycles. The summed E-state index contributed by atoms with van der Waals surface area (Å²) in [5, 5.41) is 0.736. The summed E-state index contributed by atoms with van der Waals surface area (Å²) in [4.78, 5) is 8.51. The highest BCUT2D eigenvalue weighted by Gasteiger charge is 2.05. The van der Waals surface area contributed by atoms with E-state index in [0.717, 1.165) is 21.0 Å². The quantitative estimate of drug-likeness (QED) is 0.392. The first-order valence-electron chi connectivity index (χ1n) is 5.25. The molecule has 0 fully saturated rings. The summed E-state index contributed by atoms with van der Waals surface area (Å²) < 4.78 is 0.982. The van der Waals surface area contributed by atoms with Crippen molar-refractivity contribution in [3.05, 3.63) is 33.3 Å². The molecule has 1 rings (SSSR count). The Labute approximate surface area is 139 Å². The summed E-state index contributed by atoms with van der Waals surface area (Å²) in [6, 6.07) is 5.85. The maximum atomic E-state index is 6.15. The number of nitrogens with zero attached hydrogens (tertiary/aromatic N) is 3. The van der Waals surface area contributed by atoms with Crippen molar-refractivity contribution >= 4 is 57.5 Å². The zero-order valence-electron chi connectivity index (χ0n) is 10.9. The monoisotopic (exact) mass is 445 g/mol. The second-order valence-electron chi connectivity index (χ2n) is 4.14. The zero-order chi connectivity index (χ0) is 13.0. The highest BCUT2D eigenvalue weighted by atomic mass is 127. The van der Waals surface area contributed by atoms with Crippen LogP contribution in [0.2, 0.25) is 5.02 Å². The highest BCUT2D eigenvalue weighted by Crippen LogP contribution is 2.22. The number of rotatable bonds is 2. The molecule has 0 amide bonds. The van der Waals surface area contributed by atoms with Gasteiger partial charge in [-0.15, -0.1) is 24.0 Å². The predicted octanol–water partition coefficient (Wildman–Crippen LogP) is 3.70. The summed E-state index contributed by atoms with van der Waals surface area (Å²) in [5.74, 6) is 0.920. The van der Waals surface area contributed by atoms with Crippen LogP contribution in [0.25, 0.3) is 0 Å². The molecular formula is C12H18BrClIN3. The second kappa shape index (κ2) is 8.22. The SMILES string of the molecule is CN(C)C(=NCc1ccc(Br)cc1Cl)N(C)C.I.